The van der Waals surface area contributed by atoms with Crippen LogP contribution in [0.3, 0.4) is 0 Å². The molecule has 1 amide bonds. The molecule has 1 aromatic carbocycles. The Morgan fingerprint density at radius 2 is 1.76 bits per heavy atom. The Morgan fingerprint density at radius 3 is 2.36 bits per heavy atom. The Balaban J connectivity index is 1.58. The standard InChI is InChI=1S/C21H18ClF2N5O4/c22-21(23,24)33-15-3-1-14(2-4-15)28-20(32)12-5-16(13-6-25-11-26-7-13)19(27-8-12)29-9-17(30)18(31)10-29/h1-8,11,17-18,30-31H,9-10H2,(H,28,32)/t17-,18+. The van der Waals surface area contributed by atoms with E-state index in [1.807, 2.05) is 0 Å². The molecule has 172 valence electrons. The highest BCUT2D eigenvalue weighted by Crippen LogP contribution is 2.32. The van der Waals surface area contributed by atoms with Crippen molar-refractivity contribution in [3.8, 4) is 16.9 Å². The number of nitrogens with zero attached hydrogens (tertiary/aromatic N) is 4. The van der Waals surface area contributed by atoms with Crippen molar-refractivity contribution in [1.29, 1.82) is 0 Å². The summed E-state index contributed by atoms with van der Waals surface area (Å²) >= 11 is 4.74. The Kier molecular flexibility index (Phi) is 6.36. The number of amides is 1. The SMILES string of the molecule is O=C(Nc1ccc(OC(F)(F)Cl)cc1)c1cnc(N2C[C@@H](O)[C@@H](O)C2)c(-c2cncnc2)c1. The van der Waals surface area contributed by atoms with Crippen LogP contribution in [-0.4, -0.2) is 61.9 Å². The molecule has 3 N–H and O–H groups in total. The number of anilines is 2. The van der Waals surface area contributed by atoms with Crippen LogP contribution in [-0.2, 0) is 0 Å². The lowest BCUT2D eigenvalue weighted by molar-refractivity contribution is -0.0964. The molecule has 3 heterocycles. The minimum absolute atomic E-state index is 0.166. The number of benzene rings is 1. The van der Waals surface area contributed by atoms with Crippen molar-refractivity contribution in [3.05, 3.63) is 60.8 Å². The van der Waals surface area contributed by atoms with Crippen LogP contribution in [0.5, 0.6) is 5.75 Å². The van der Waals surface area contributed by atoms with Crippen molar-refractivity contribution >= 4 is 29.0 Å². The topological polar surface area (TPSA) is 121 Å². The predicted molar refractivity (Wildman–Crippen MR) is 115 cm³/mol. The van der Waals surface area contributed by atoms with Crippen molar-refractivity contribution < 1.29 is 28.5 Å². The number of nitrogens with one attached hydrogen (secondary N) is 1. The molecule has 0 saturated carbocycles. The molecule has 0 aliphatic carbocycles. The van der Waals surface area contributed by atoms with Gasteiger partial charge in [-0.05, 0) is 30.3 Å². The quantitative estimate of drug-likeness (QED) is 0.463. The smallest absolute Gasteiger partial charge is 0.420 e. The van der Waals surface area contributed by atoms with Crippen LogP contribution in [0.1, 0.15) is 10.4 Å². The van der Waals surface area contributed by atoms with Crippen LogP contribution in [0.4, 0.5) is 20.3 Å². The van der Waals surface area contributed by atoms with E-state index < -0.39 is 23.7 Å². The van der Waals surface area contributed by atoms with E-state index in [2.05, 4.69) is 25.0 Å². The van der Waals surface area contributed by atoms with Gasteiger partial charge in [0.05, 0.1) is 17.8 Å². The molecule has 9 nitrogen and oxygen atoms in total. The molecule has 1 aliphatic heterocycles. The van der Waals surface area contributed by atoms with E-state index in [0.29, 0.717) is 22.6 Å². The van der Waals surface area contributed by atoms with Gasteiger partial charge >= 0.3 is 5.57 Å². The largest absolute Gasteiger partial charge is 0.487 e. The molecule has 1 aliphatic rings. The van der Waals surface area contributed by atoms with Crippen molar-refractivity contribution in [2.75, 3.05) is 23.3 Å². The van der Waals surface area contributed by atoms with Gasteiger partial charge in [-0.3, -0.25) is 4.79 Å². The number of hydrogen-bond donors (Lipinski definition) is 3. The molecular weight excluding hydrogens is 460 g/mol. The fourth-order valence-electron chi connectivity index (χ4n) is 3.37. The maximum Gasteiger partial charge on any atom is 0.487 e. The summed E-state index contributed by atoms with van der Waals surface area (Å²) in [6.07, 6.45) is 4.01. The van der Waals surface area contributed by atoms with E-state index >= 15 is 0 Å². The summed E-state index contributed by atoms with van der Waals surface area (Å²) in [5.41, 5.74) is -2.15. The van der Waals surface area contributed by atoms with Gasteiger partial charge in [0, 0.05) is 60.1 Å². The van der Waals surface area contributed by atoms with Gasteiger partial charge in [0.1, 0.15) is 17.9 Å². The maximum absolute atomic E-state index is 12.8. The molecule has 0 spiro atoms. The maximum atomic E-state index is 12.8. The van der Waals surface area contributed by atoms with E-state index in [4.69, 9.17) is 11.6 Å². The number of alkyl halides is 3. The third kappa shape index (κ3) is 5.51. The summed E-state index contributed by atoms with van der Waals surface area (Å²) < 4.78 is 29.7. The van der Waals surface area contributed by atoms with Gasteiger partial charge in [-0.15, -0.1) is 8.78 Å². The van der Waals surface area contributed by atoms with Gasteiger partial charge < -0.3 is 25.2 Å². The zero-order valence-corrected chi connectivity index (χ0v) is 17.7. The summed E-state index contributed by atoms with van der Waals surface area (Å²) in [5, 5.41) is 22.5. The zero-order chi connectivity index (χ0) is 23.6. The van der Waals surface area contributed by atoms with Crippen LogP contribution < -0.4 is 15.0 Å². The molecule has 1 fully saturated rings. The number of β-amino-alcohol motifs (C(OH)–C–C–N with tert-alkyl or cyclic N) is 2. The molecule has 0 radical (unpaired) electrons. The lowest BCUT2D eigenvalue weighted by Crippen LogP contribution is -2.23. The van der Waals surface area contributed by atoms with E-state index in [0.717, 1.165) is 0 Å². The molecule has 12 heteroatoms. The van der Waals surface area contributed by atoms with Crippen LogP contribution >= 0.6 is 11.6 Å². The monoisotopic (exact) mass is 477 g/mol. The van der Waals surface area contributed by atoms with Crippen LogP contribution in [0.25, 0.3) is 11.1 Å². The van der Waals surface area contributed by atoms with Gasteiger partial charge in [-0.25, -0.2) is 15.0 Å². The van der Waals surface area contributed by atoms with Gasteiger partial charge in [-0.1, -0.05) is 0 Å². The average molecular weight is 478 g/mol. The summed E-state index contributed by atoms with van der Waals surface area (Å²) in [4.78, 5) is 26.9. The van der Waals surface area contributed by atoms with Crippen molar-refractivity contribution in [1.82, 2.24) is 15.0 Å². The number of ether oxygens (including phenoxy) is 1. The highest BCUT2D eigenvalue weighted by atomic mass is 35.5. The summed E-state index contributed by atoms with van der Waals surface area (Å²) in [6.45, 7) is 0.354. The third-order valence-corrected chi connectivity index (χ3v) is 4.98. The van der Waals surface area contributed by atoms with E-state index in [1.165, 1.54) is 36.8 Å². The first-order valence-electron chi connectivity index (χ1n) is 9.73. The molecular formula is C21H18ClF2N5O4. The Labute approximate surface area is 191 Å². The molecule has 33 heavy (non-hydrogen) atoms. The van der Waals surface area contributed by atoms with Crippen LogP contribution in [0.15, 0.2) is 55.2 Å². The number of aromatic nitrogens is 3. The lowest BCUT2D eigenvalue weighted by Gasteiger charge is -2.20. The van der Waals surface area contributed by atoms with Gasteiger partial charge in [-0.2, -0.15) is 0 Å². The number of aliphatic hydroxyl groups is 2. The molecule has 4 rings (SSSR count). The van der Waals surface area contributed by atoms with Crippen LogP contribution in [0, 0.1) is 0 Å². The number of halogens is 3. The zero-order valence-electron chi connectivity index (χ0n) is 16.9. The molecule has 0 unspecified atom stereocenters. The van der Waals surface area contributed by atoms with Crippen molar-refractivity contribution in [2.24, 2.45) is 0 Å². The first-order chi connectivity index (χ1) is 15.7. The third-order valence-electron chi connectivity index (χ3n) is 4.90. The normalized spacial score (nSPS) is 18.3. The first-order valence-corrected chi connectivity index (χ1v) is 10.1. The second-order valence-electron chi connectivity index (χ2n) is 7.29. The van der Waals surface area contributed by atoms with Crippen LogP contribution in [0.2, 0.25) is 0 Å². The number of carbonyl (C=O) groups is 1. The minimum Gasteiger partial charge on any atom is -0.420 e. The fourth-order valence-corrected chi connectivity index (χ4v) is 3.46. The highest BCUT2D eigenvalue weighted by molar-refractivity contribution is 6.20. The fraction of sp³-hybridized carbons (Fsp3) is 0.238. The number of aliphatic hydroxyl groups excluding tert-OH is 2. The summed E-state index contributed by atoms with van der Waals surface area (Å²) in [6, 6.07) is 6.85. The Hall–Kier alpha value is -3.41. The minimum atomic E-state index is -3.84. The number of hydrogen-bond acceptors (Lipinski definition) is 8. The number of pyridine rings is 1. The summed E-state index contributed by atoms with van der Waals surface area (Å²) in [5.74, 6) is -0.203. The van der Waals surface area contributed by atoms with Gasteiger partial charge in [0.15, 0.2) is 0 Å². The van der Waals surface area contributed by atoms with Crippen molar-refractivity contribution in [2.45, 2.75) is 17.8 Å². The molecule has 2 aromatic heterocycles. The van der Waals surface area contributed by atoms with E-state index in [-0.39, 0.29) is 24.4 Å². The average Bonchev–Trinajstić information content (AvgIpc) is 3.12. The van der Waals surface area contributed by atoms with Crippen molar-refractivity contribution in [3.63, 3.8) is 0 Å². The van der Waals surface area contributed by atoms with E-state index in [9.17, 15) is 23.8 Å². The molecule has 0 bridgehead atoms. The Morgan fingerprint density at radius 1 is 1.12 bits per heavy atom. The lowest BCUT2D eigenvalue weighted by atomic mass is 10.1. The molecule has 2 atom stereocenters. The molecule has 3 aromatic rings. The second-order valence-corrected chi connectivity index (χ2v) is 7.73. The van der Waals surface area contributed by atoms with E-state index in [1.54, 1.807) is 23.4 Å². The Bertz CT molecular complexity index is 1120. The predicted octanol–water partition coefficient (Wildman–Crippen LogP) is 2.50. The first kappa shape index (κ1) is 22.8. The summed E-state index contributed by atoms with van der Waals surface area (Å²) in [7, 11) is 0. The molecule has 1 saturated heterocycles. The number of carbonyl (C=O) groups excluding carboxylic acids is 1. The van der Waals surface area contributed by atoms with Gasteiger partial charge in [0.2, 0.25) is 0 Å². The number of rotatable bonds is 6. The van der Waals surface area contributed by atoms with Gasteiger partial charge in [0.25, 0.3) is 5.91 Å². The highest BCUT2D eigenvalue weighted by Gasteiger charge is 2.32. The second kappa shape index (κ2) is 9.22.